The maximum atomic E-state index is 13.1. The van der Waals surface area contributed by atoms with E-state index in [1.54, 1.807) is 19.1 Å². The van der Waals surface area contributed by atoms with E-state index in [-0.39, 0.29) is 12.3 Å². The summed E-state index contributed by atoms with van der Waals surface area (Å²) < 4.78 is 18.5. The highest BCUT2D eigenvalue weighted by atomic mass is 19.1. The fourth-order valence-electron chi connectivity index (χ4n) is 2.58. The monoisotopic (exact) mass is 350 g/mol. The van der Waals surface area contributed by atoms with E-state index in [9.17, 15) is 9.18 Å². The third-order valence-corrected chi connectivity index (χ3v) is 4.12. The second-order valence-corrected chi connectivity index (χ2v) is 6.13. The van der Waals surface area contributed by atoms with Crippen molar-refractivity contribution in [1.82, 2.24) is 9.97 Å². The fraction of sp³-hybridized carbons (Fsp3) is 0.611. The normalized spacial score (nSPS) is 16.2. The summed E-state index contributed by atoms with van der Waals surface area (Å²) in [5.41, 5.74) is 2.12. The molecule has 1 fully saturated rings. The van der Waals surface area contributed by atoms with E-state index in [1.807, 2.05) is 13.8 Å². The van der Waals surface area contributed by atoms with E-state index in [0.29, 0.717) is 37.7 Å². The molecule has 1 saturated heterocycles. The highest BCUT2D eigenvalue weighted by molar-refractivity contribution is 5.92. The lowest BCUT2D eigenvalue weighted by Gasteiger charge is -2.27. The van der Waals surface area contributed by atoms with Crippen LogP contribution in [-0.4, -0.2) is 48.4 Å². The predicted octanol–water partition coefficient (Wildman–Crippen LogP) is 2.95. The van der Waals surface area contributed by atoms with Crippen molar-refractivity contribution in [3.05, 3.63) is 23.5 Å². The van der Waals surface area contributed by atoms with Crippen molar-refractivity contribution in [2.45, 2.75) is 46.2 Å². The first-order valence-electron chi connectivity index (χ1n) is 8.78. The zero-order chi connectivity index (χ0) is 18.2. The fourth-order valence-corrected chi connectivity index (χ4v) is 2.58. The van der Waals surface area contributed by atoms with Gasteiger partial charge in [-0.15, -0.1) is 0 Å². The van der Waals surface area contributed by atoms with E-state index in [1.165, 1.54) is 0 Å². The van der Waals surface area contributed by atoms with Gasteiger partial charge < -0.3 is 15.0 Å². The molecule has 25 heavy (non-hydrogen) atoms. The third kappa shape index (κ3) is 5.77. The molecule has 1 aromatic heterocycles. The van der Waals surface area contributed by atoms with E-state index in [0.717, 1.165) is 24.5 Å². The molecular formula is C18H27FN4O2. The zero-order valence-electron chi connectivity index (χ0n) is 15.2. The molecular weight excluding hydrogens is 323 g/mol. The lowest BCUT2D eigenvalue weighted by molar-refractivity contribution is -0.115. The van der Waals surface area contributed by atoms with Crippen molar-refractivity contribution in [2.75, 3.05) is 36.5 Å². The van der Waals surface area contributed by atoms with Crippen LogP contribution >= 0.6 is 0 Å². The van der Waals surface area contributed by atoms with Gasteiger partial charge in [-0.25, -0.2) is 14.4 Å². The minimum Gasteiger partial charge on any atom is -0.378 e. The van der Waals surface area contributed by atoms with Gasteiger partial charge in [0.1, 0.15) is 6.17 Å². The highest BCUT2D eigenvalue weighted by Gasteiger charge is 2.17. The van der Waals surface area contributed by atoms with Crippen molar-refractivity contribution in [3.8, 4) is 0 Å². The van der Waals surface area contributed by atoms with Gasteiger partial charge >= 0.3 is 0 Å². The summed E-state index contributed by atoms with van der Waals surface area (Å²) in [6, 6.07) is 0. The van der Waals surface area contributed by atoms with Gasteiger partial charge in [0.15, 0.2) is 0 Å². The molecule has 2 rings (SSSR count). The molecule has 2 heterocycles. The van der Waals surface area contributed by atoms with E-state index in [4.69, 9.17) is 4.74 Å². The van der Waals surface area contributed by atoms with Gasteiger partial charge in [-0.1, -0.05) is 19.1 Å². The van der Waals surface area contributed by atoms with Crippen molar-refractivity contribution < 1.29 is 13.9 Å². The molecule has 1 N–H and O–H groups in total. The number of nitrogens with zero attached hydrogens (tertiary/aromatic N) is 3. The molecule has 138 valence electrons. The molecule has 0 aromatic carbocycles. The number of rotatable bonds is 7. The number of halogens is 1. The molecule has 0 spiro atoms. The van der Waals surface area contributed by atoms with Crippen molar-refractivity contribution in [3.63, 3.8) is 0 Å². The second-order valence-electron chi connectivity index (χ2n) is 6.13. The number of alkyl halides is 1. The number of hydrogen-bond acceptors (Lipinski definition) is 5. The van der Waals surface area contributed by atoms with Crippen LogP contribution in [0.3, 0.4) is 0 Å². The van der Waals surface area contributed by atoms with Crippen molar-refractivity contribution in [1.29, 1.82) is 0 Å². The van der Waals surface area contributed by atoms with Crippen molar-refractivity contribution in [2.24, 2.45) is 0 Å². The summed E-state index contributed by atoms with van der Waals surface area (Å²) in [6.45, 7) is 8.40. The molecule has 6 nitrogen and oxygen atoms in total. The Kier molecular flexibility index (Phi) is 7.31. The minimum atomic E-state index is -0.843. The average molecular weight is 350 g/mol. The summed E-state index contributed by atoms with van der Waals surface area (Å²) in [6.07, 6.45) is 3.61. The van der Waals surface area contributed by atoms with E-state index < -0.39 is 6.17 Å². The van der Waals surface area contributed by atoms with Gasteiger partial charge in [-0.05, 0) is 26.7 Å². The largest absolute Gasteiger partial charge is 0.378 e. The Morgan fingerprint density at radius 2 is 1.92 bits per heavy atom. The number of ether oxygens (including phenoxy) is 1. The van der Waals surface area contributed by atoms with Crippen LogP contribution in [0.4, 0.5) is 16.0 Å². The number of aryl methyl sites for hydroxylation is 2. The Hall–Kier alpha value is -2.02. The highest BCUT2D eigenvalue weighted by Crippen LogP contribution is 2.21. The molecule has 0 aliphatic carbocycles. The molecule has 0 bridgehead atoms. The zero-order valence-corrected chi connectivity index (χ0v) is 15.2. The van der Waals surface area contributed by atoms with Crippen LogP contribution in [0.25, 0.3) is 0 Å². The number of aromatic nitrogens is 2. The van der Waals surface area contributed by atoms with Crippen LogP contribution in [0.2, 0.25) is 0 Å². The van der Waals surface area contributed by atoms with Gasteiger partial charge in [0.2, 0.25) is 11.9 Å². The van der Waals surface area contributed by atoms with Crippen LogP contribution in [0, 0.1) is 13.8 Å². The van der Waals surface area contributed by atoms with E-state index in [2.05, 4.69) is 20.2 Å². The third-order valence-electron chi connectivity index (χ3n) is 4.12. The number of anilines is 2. The number of hydrogen-bond donors (Lipinski definition) is 1. The van der Waals surface area contributed by atoms with Gasteiger partial charge in [0.05, 0.1) is 30.3 Å². The van der Waals surface area contributed by atoms with Crippen molar-refractivity contribution >= 4 is 17.5 Å². The smallest absolute Gasteiger partial charge is 0.228 e. The first-order valence-corrected chi connectivity index (χ1v) is 8.78. The summed E-state index contributed by atoms with van der Waals surface area (Å²) >= 11 is 0. The maximum Gasteiger partial charge on any atom is 0.228 e. The molecule has 7 heteroatoms. The minimum absolute atomic E-state index is 0.155. The maximum absolute atomic E-state index is 13.1. The lowest BCUT2D eigenvalue weighted by atomic mass is 10.2. The van der Waals surface area contributed by atoms with Crippen LogP contribution in [-0.2, 0) is 9.53 Å². The van der Waals surface area contributed by atoms with Gasteiger partial charge in [-0.2, -0.15) is 0 Å². The molecule has 1 aliphatic rings. The molecule has 1 aliphatic heterocycles. The van der Waals surface area contributed by atoms with Crippen LogP contribution in [0.15, 0.2) is 12.2 Å². The Bertz CT molecular complexity index is 592. The average Bonchev–Trinajstić information content (AvgIpc) is 2.62. The molecule has 0 radical (unpaired) electrons. The first-order chi connectivity index (χ1) is 12.0. The topological polar surface area (TPSA) is 67.4 Å². The summed E-state index contributed by atoms with van der Waals surface area (Å²) in [7, 11) is 0. The van der Waals surface area contributed by atoms with Crippen LogP contribution < -0.4 is 10.2 Å². The summed E-state index contributed by atoms with van der Waals surface area (Å²) in [4.78, 5) is 23.2. The quantitative estimate of drug-likeness (QED) is 0.766. The number of carbonyl (C=O) groups is 1. The standard InChI is InChI=1S/C18H27FN4O2/c1-4-15(19)7-5-6-8-16(24)22-17-13(2)20-18(21-14(17)3)23-9-11-25-12-10-23/h5-6,15H,4,7-12H2,1-3H3,(H,22,24). The first kappa shape index (κ1) is 19.3. The number of morpholine rings is 1. The van der Waals surface area contributed by atoms with E-state index >= 15 is 0 Å². The molecule has 1 amide bonds. The lowest BCUT2D eigenvalue weighted by Crippen LogP contribution is -2.37. The summed E-state index contributed by atoms with van der Waals surface area (Å²) in [5.74, 6) is 0.516. The second kappa shape index (κ2) is 9.46. The SMILES string of the molecule is CCC(F)CC=CCC(=O)Nc1c(C)nc(N2CCOCC2)nc1C. The summed E-state index contributed by atoms with van der Waals surface area (Å²) in [5, 5.41) is 2.86. The number of allylic oxidation sites excluding steroid dienone is 1. The number of nitrogens with one attached hydrogen (secondary N) is 1. The Labute approximate surface area is 148 Å². The molecule has 1 atom stereocenters. The van der Waals surface area contributed by atoms with Crippen LogP contribution in [0.1, 0.15) is 37.6 Å². The Morgan fingerprint density at radius 1 is 1.28 bits per heavy atom. The van der Waals surface area contributed by atoms with Gasteiger partial charge in [-0.3, -0.25) is 4.79 Å². The van der Waals surface area contributed by atoms with Gasteiger partial charge in [0.25, 0.3) is 0 Å². The van der Waals surface area contributed by atoms with Crippen LogP contribution in [0.5, 0.6) is 0 Å². The molecule has 0 saturated carbocycles. The molecule has 1 aromatic rings. The Morgan fingerprint density at radius 3 is 2.52 bits per heavy atom. The predicted molar refractivity (Wildman–Crippen MR) is 96.7 cm³/mol. The Balaban J connectivity index is 1.96. The number of carbonyl (C=O) groups excluding carboxylic acids is 1. The number of amides is 1. The molecule has 1 unspecified atom stereocenters. The van der Waals surface area contributed by atoms with Gasteiger partial charge in [0, 0.05) is 19.5 Å².